The Morgan fingerprint density at radius 3 is 2.18 bits per heavy atom. The molecule has 0 atom stereocenters. The molecule has 4 nitrogen and oxygen atoms in total. The van der Waals surface area contributed by atoms with E-state index in [4.69, 9.17) is 0 Å². The first-order valence-electron chi connectivity index (χ1n) is 8.70. The number of hydrogen-bond acceptors (Lipinski definition) is 4. The van der Waals surface area contributed by atoms with E-state index in [2.05, 4.69) is 26.1 Å². The van der Waals surface area contributed by atoms with E-state index in [9.17, 15) is 4.79 Å². The van der Waals surface area contributed by atoms with Gasteiger partial charge in [0.15, 0.2) is 16.8 Å². The lowest BCUT2D eigenvalue weighted by molar-refractivity contribution is 0.102. The van der Waals surface area contributed by atoms with Crippen LogP contribution in [0.15, 0.2) is 94.6 Å². The molecule has 0 N–H and O–H groups in total. The van der Waals surface area contributed by atoms with E-state index in [0.717, 1.165) is 21.5 Å². The van der Waals surface area contributed by atoms with Gasteiger partial charge in [-0.25, -0.2) is 0 Å². The smallest absolute Gasteiger partial charge is 0.196 e. The third kappa shape index (κ3) is 4.08. The van der Waals surface area contributed by atoms with Crippen LogP contribution in [-0.2, 0) is 0 Å². The Balaban J connectivity index is 1.68. The molecule has 28 heavy (non-hydrogen) atoms. The molecule has 0 saturated carbocycles. The van der Waals surface area contributed by atoms with Crippen LogP contribution in [0.25, 0.3) is 17.1 Å². The summed E-state index contributed by atoms with van der Waals surface area (Å²) in [7, 11) is 0. The predicted molar refractivity (Wildman–Crippen MR) is 116 cm³/mol. The number of carbonyl (C=O) groups excluding carboxylic acids is 1. The second-order valence-electron chi connectivity index (χ2n) is 6.06. The van der Waals surface area contributed by atoms with Crippen molar-refractivity contribution in [3.63, 3.8) is 0 Å². The highest BCUT2D eigenvalue weighted by atomic mass is 79.9. The zero-order valence-corrected chi connectivity index (χ0v) is 17.2. The summed E-state index contributed by atoms with van der Waals surface area (Å²) in [5.74, 6) is 1.11. The number of ketones is 1. The molecule has 0 radical (unpaired) electrons. The lowest BCUT2D eigenvalue weighted by atomic mass is 10.2. The number of rotatable bonds is 6. The fourth-order valence-electron chi connectivity index (χ4n) is 2.80. The SMILES string of the molecule is O=C(CSc1nnc(-c2ccccc2)n1-c1ccc(Br)cc1)c1ccccc1. The topological polar surface area (TPSA) is 47.8 Å². The Morgan fingerprint density at radius 1 is 0.857 bits per heavy atom. The molecule has 1 aromatic heterocycles. The number of carbonyl (C=O) groups is 1. The summed E-state index contributed by atoms with van der Waals surface area (Å²) in [5, 5.41) is 9.46. The van der Waals surface area contributed by atoms with Crippen molar-refractivity contribution in [1.29, 1.82) is 0 Å². The first-order valence-corrected chi connectivity index (χ1v) is 10.5. The van der Waals surface area contributed by atoms with Gasteiger partial charge >= 0.3 is 0 Å². The number of nitrogens with zero attached hydrogens (tertiary/aromatic N) is 3. The predicted octanol–water partition coefficient (Wildman–Crippen LogP) is 5.67. The van der Waals surface area contributed by atoms with Crippen molar-refractivity contribution in [1.82, 2.24) is 14.8 Å². The molecule has 0 spiro atoms. The van der Waals surface area contributed by atoms with Gasteiger partial charge in [0, 0.05) is 21.3 Å². The van der Waals surface area contributed by atoms with E-state index in [1.54, 1.807) is 0 Å². The second kappa shape index (κ2) is 8.54. The molecule has 0 aliphatic rings. The quantitative estimate of drug-likeness (QED) is 0.281. The summed E-state index contributed by atoms with van der Waals surface area (Å²) >= 11 is 4.87. The first-order chi connectivity index (χ1) is 13.7. The zero-order valence-electron chi connectivity index (χ0n) is 14.8. The van der Waals surface area contributed by atoms with Gasteiger partial charge in [0.1, 0.15) is 0 Å². The molecule has 0 bridgehead atoms. The minimum atomic E-state index is 0.0669. The fraction of sp³-hybridized carbons (Fsp3) is 0.0455. The highest BCUT2D eigenvalue weighted by Gasteiger charge is 2.17. The first kappa shape index (κ1) is 18.7. The average Bonchev–Trinajstić information content (AvgIpc) is 3.18. The average molecular weight is 450 g/mol. The molecule has 4 aromatic rings. The van der Waals surface area contributed by atoms with Gasteiger partial charge in [-0.15, -0.1) is 10.2 Å². The minimum Gasteiger partial charge on any atom is -0.293 e. The van der Waals surface area contributed by atoms with Gasteiger partial charge in [0.2, 0.25) is 0 Å². The fourth-order valence-corrected chi connectivity index (χ4v) is 3.91. The van der Waals surface area contributed by atoms with Crippen molar-refractivity contribution in [3.05, 3.63) is 95.0 Å². The normalized spacial score (nSPS) is 10.8. The van der Waals surface area contributed by atoms with Gasteiger partial charge in [-0.1, -0.05) is 88.4 Å². The van der Waals surface area contributed by atoms with Crippen molar-refractivity contribution in [3.8, 4) is 17.1 Å². The number of hydrogen-bond donors (Lipinski definition) is 0. The van der Waals surface area contributed by atoms with E-state index in [-0.39, 0.29) is 5.78 Å². The van der Waals surface area contributed by atoms with Crippen LogP contribution >= 0.6 is 27.7 Å². The summed E-state index contributed by atoms with van der Waals surface area (Å²) in [4.78, 5) is 12.5. The number of Topliss-reactive ketones (excluding diaryl/α,β-unsaturated/α-hetero) is 1. The maximum Gasteiger partial charge on any atom is 0.196 e. The van der Waals surface area contributed by atoms with Crippen LogP contribution in [-0.4, -0.2) is 26.3 Å². The monoisotopic (exact) mass is 449 g/mol. The van der Waals surface area contributed by atoms with Crippen LogP contribution in [0.5, 0.6) is 0 Å². The van der Waals surface area contributed by atoms with E-state index in [1.165, 1.54) is 11.8 Å². The molecule has 1 heterocycles. The van der Waals surface area contributed by atoms with Crippen molar-refractivity contribution < 1.29 is 4.79 Å². The second-order valence-corrected chi connectivity index (χ2v) is 7.92. The molecule has 3 aromatic carbocycles. The number of thioether (sulfide) groups is 1. The van der Waals surface area contributed by atoms with Gasteiger partial charge < -0.3 is 0 Å². The van der Waals surface area contributed by atoms with Crippen LogP contribution < -0.4 is 0 Å². The van der Waals surface area contributed by atoms with Crippen molar-refractivity contribution >= 4 is 33.5 Å². The Bertz CT molecular complexity index is 1080. The molecule has 0 fully saturated rings. The number of halogens is 1. The van der Waals surface area contributed by atoms with E-state index >= 15 is 0 Å². The van der Waals surface area contributed by atoms with Crippen LogP contribution in [0.4, 0.5) is 0 Å². The van der Waals surface area contributed by atoms with Crippen LogP contribution in [0.3, 0.4) is 0 Å². The van der Waals surface area contributed by atoms with Gasteiger partial charge in [-0.2, -0.15) is 0 Å². The molecule has 4 rings (SSSR count). The van der Waals surface area contributed by atoms with Gasteiger partial charge in [0.25, 0.3) is 0 Å². The Labute approximate surface area is 175 Å². The molecule has 0 saturated heterocycles. The molecule has 0 unspecified atom stereocenters. The number of aromatic nitrogens is 3. The maximum absolute atomic E-state index is 12.5. The van der Waals surface area contributed by atoms with Crippen molar-refractivity contribution in [2.75, 3.05) is 5.75 Å². The Kier molecular flexibility index (Phi) is 5.69. The lowest BCUT2D eigenvalue weighted by Gasteiger charge is -2.10. The maximum atomic E-state index is 12.5. The molecular weight excluding hydrogens is 434 g/mol. The van der Waals surface area contributed by atoms with Gasteiger partial charge in [-0.05, 0) is 24.3 Å². The summed E-state index contributed by atoms with van der Waals surface area (Å²) in [6, 6.07) is 27.2. The van der Waals surface area contributed by atoms with E-state index in [1.807, 2.05) is 89.5 Å². The van der Waals surface area contributed by atoms with Crippen LogP contribution in [0, 0.1) is 0 Å². The summed E-state index contributed by atoms with van der Waals surface area (Å²) in [6.45, 7) is 0. The number of benzene rings is 3. The van der Waals surface area contributed by atoms with Gasteiger partial charge in [-0.3, -0.25) is 9.36 Å². The summed E-state index contributed by atoms with van der Waals surface area (Å²) in [5.41, 5.74) is 2.62. The molecule has 6 heteroatoms. The standard InChI is InChI=1S/C22H16BrN3OS/c23-18-11-13-19(14-12-18)26-21(17-9-5-2-6-10-17)24-25-22(26)28-15-20(27)16-7-3-1-4-8-16/h1-14H,15H2. The van der Waals surface area contributed by atoms with E-state index in [0.29, 0.717) is 16.5 Å². The summed E-state index contributed by atoms with van der Waals surface area (Å²) in [6.07, 6.45) is 0. The molecule has 0 aliphatic heterocycles. The highest BCUT2D eigenvalue weighted by molar-refractivity contribution is 9.10. The molecular formula is C22H16BrN3OS. The van der Waals surface area contributed by atoms with E-state index < -0.39 is 0 Å². The zero-order chi connectivity index (χ0) is 19.3. The Morgan fingerprint density at radius 2 is 1.50 bits per heavy atom. The van der Waals surface area contributed by atoms with Gasteiger partial charge in [0.05, 0.1) is 5.75 Å². The van der Waals surface area contributed by atoms with Crippen LogP contribution in [0.2, 0.25) is 0 Å². The van der Waals surface area contributed by atoms with Crippen molar-refractivity contribution in [2.45, 2.75) is 5.16 Å². The minimum absolute atomic E-state index is 0.0669. The highest BCUT2D eigenvalue weighted by Crippen LogP contribution is 2.29. The third-order valence-electron chi connectivity index (χ3n) is 4.18. The molecule has 138 valence electrons. The van der Waals surface area contributed by atoms with Crippen molar-refractivity contribution in [2.24, 2.45) is 0 Å². The molecule has 0 amide bonds. The largest absolute Gasteiger partial charge is 0.293 e. The third-order valence-corrected chi connectivity index (χ3v) is 5.64. The Hall–Kier alpha value is -2.70. The van der Waals surface area contributed by atoms with Crippen LogP contribution in [0.1, 0.15) is 10.4 Å². The molecule has 0 aliphatic carbocycles. The lowest BCUT2D eigenvalue weighted by Crippen LogP contribution is -2.04. The summed E-state index contributed by atoms with van der Waals surface area (Å²) < 4.78 is 2.99.